The molecule has 0 aromatic heterocycles. The summed E-state index contributed by atoms with van der Waals surface area (Å²) in [7, 11) is 0. The molecule has 1 heteroatoms. The molecule has 0 atom stereocenters. The molecule has 3 aliphatic rings. The fourth-order valence-electron chi connectivity index (χ4n) is 2.84. The first-order valence-electron chi connectivity index (χ1n) is 5.61. The smallest absolute Gasteiger partial charge is 0.0442 e. The lowest BCUT2D eigenvalue weighted by Crippen LogP contribution is -2.03. The van der Waals surface area contributed by atoms with E-state index in [0.29, 0.717) is 0 Å². The van der Waals surface area contributed by atoms with Gasteiger partial charge in [0.25, 0.3) is 0 Å². The maximum Gasteiger partial charge on any atom is 0.0442 e. The number of nitrogens with zero attached hydrogens (tertiary/aromatic N) is 1. The molecular formula is C12H16N. The molecule has 0 N–H and O–H groups in total. The number of fused-ring (bicyclic) bond motifs is 1. The summed E-state index contributed by atoms with van der Waals surface area (Å²) in [6.07, 6.45) is 10.7. The van der Waals surface area contributed by atoms with Crippen LogP contribution in [0.4, 0.5) is 0 Å². The molecule has 3 rings (SSSR count). The lowest BCUT2D eigenvalue weighted by atomic mass is 9.87. The highest BCUT2D eigenvalue weighted by Crippen LogP contribution is 2.41. The molecule has 0 aromatic rings. The standard InChI is InChI=1S/C12H16N/c1-3-7-11-9(5-1)10-6-2-4-8-12(10)13-11/h1-8H2. The van der Waals surface area contributed by atoms with Crippen LogP contribution in [0.15, 0.2) is 22.5 Å². The van der Waals surface area contributed by atoms with E-state index in [9.17, 15) is 0 Å². The van der Waals surface area contributed by atoms with Gasteiger partial charge in [0.15, 0.2) is 0 Å². The van der Waals surface area contributed by atoms with Crippen LogP contribution in [0.2, 0.25) is 0 Å². The summed E-state index contributed by atoms with van der Waals surface area (Å²) >= 11 is 0. The van der Waals surface area contributed by atoms with E-state index < -0.39 is 0 Å². The Hall–Kier alpha value is -0.720. The highest BCUT2D eigenvalue weighted by atomic mass is 14.9. The number of hydrogen-bond acceptors (Lipinski definition) is 0. The minimum Gasteiger partial charge on any atom is -0.257 e. The zero-order valence-electron chi connectivity index (χ0n) is 8.10. The van der Waals surface area contributed by atoms with Crippen molar-refractivity contribution in [1.29, 1.82) is 0 Å². The Morgan fingerprint density at radius 1 is 0.615 bits per heavy atom. The average Bonchev–Trinajstić information content (AvgIpc) is 2.56. The maximum atomic E-state index is 4.79. The Morgan fingerprint density at radius 3 is 1.62 bits per heavy atom. The highest BCUT2D eigenvalue weighted by molar-refractivity contribution is 5.46. The molecule has 0 spiro atoms. The molecule has 69 valence electrons. The summed E-state index contributed by atoms with van der Waals surface area (Å²) in [6, 6.07) is 0. The second-order valence-corrected chi connectivity index (χ2v) is 4.38. The van der Waals surface area contributed by atoms with E-state index in [2.05, 4.69) is 0 Å². The van der Waals surface area contributed by atoms with Crippen molar-refractivity contribution in [2.24, 2.45) is 0 Å². The Balaban J connectivity index is 1.95. The molecule has 0 unspecified atom stereocenters. The summed E-state index contributed by atoms with van der Waals surface area (Å²) < 4.78 is 0. The number of rotatable bonds is 0. The third kappa shape index (κ3) is 1.13. The van der Waals surface area contributed by atoms with E-state index >= 15 is 0 Å². The molecule has 0 bridgehead atoms. The summed E-state index contributed by atoms with van der Waals surface area (Å²) in [5.41, 5.74) is 6.22. The van der Waals surface area contributed by atoms with Gasteiger partial charge in [-0.2, -0.15) is 0 Å². The predicted molar refractivity (Wildman–Crippen MR) is 53.1 cm³/mol. The SMILES string of the molecule is C1CCC2=C(C1)[N]C1=C2CCCC1. The normalized spacial score (nSPS) is 27.1. The molecule has 1 nitrogen and oxygen atoms in total. The van der Waals surface area contributed by atoms with Gasteiger partial charge in [0.2, 0.25) is 0 Å². The third-order valence-corrected chi connectivity index (χ3v) is 3.51. The van der Waals surface area contributed by atoms with Crippen LogP contribution < -0.4 is 5.32 Å². The van der Waals surface area contributed by atoms with Gasteiger partial charge in [-0.1, -0.05) is 0 Å². The predicted octanol–water partition coefficient (Wildman–Crippen LogP) is 3.26. The Morgan fingerprint density at radius 2 is 1.08 bits per heavy atom. The van der Waals surface area contributed by atoms with Gasteiger partial charge in [-0.3, -0.25) is 5.32 Å². The van der Waals surface area contributed by atoms with E-state index in [4.69, 9.17) is 5.32 Å². The molecule has 1 heterocycles. The van der Waals surface area contributed by atoms with E-state index in [1.807, 2.05) is 0 Å². The first-order valence-corrected chi connectivity index (χ1v) is 5.61. The topological polar surface area (TPSA) is 14.1 Å². The van der Waals surface area contributed by atoms with Crippen molar-refractivity contribution in [2.75, 3.05) is 0 Å². The van der Waals surface area contributed by atoms with E-state index in [1.54, 1.807) is 11.1 Å². The molecule has 13 heavy (non-hydrogen) atoms. The molecule has 0 saturated carbocycles. The van der Waals surface area contributed by atoms with Crippen molar-refractivity contribution in [3.8, 4) is 0 Å². The van der Waals surface area contributed by atoms with Gasteiger partial charge in [-0.15, -0.1) is 0 Å². The Labute approximate surface area is 79.9 Å². The van der Waals surface area contributed by atoms with Crippen LogP contribution in [0, 0.1) is 0 Å². The molecule has 0 amide bonds. The highest BCUT2D eigenvalue weighted by Gasteiger charge is 2.28. The largest absolute Gasteiger partial charge is 0.257 e. The summed E-state index contributed by atoms with van der Waals surface area (Å²) in [4.78, 5) is 0. The summed E-state index contributed by atoms with van der Waals surface area (Å²) in [5, 5.41) is 4.79. The van der Waals surface area contributed by atoms with E-state index in [0.717, 1.165) is 0 Å². The molecule has 0 fully saturated rings. The zero-order chi connectivity index (χ0) is 8.67. The van der Waals surface area contributed by atoms with Crippen molar-refractivity contribution in [3.05, 3.63) is 22.5 Å². The monoisotopic (exact) mass is 174 g/mol. The molecule has 1 radical (unpaired) electrons. The van der Waals surface area contributed by atoms with Crippen molar-refractivity contribution in [3.63, 3.8) is 0 Å². The molecule has 0 saturated heterocycles. The minimum absolute atomic E-state index is 1.25. The lowest BCUT2D eigenvalue weighted by molar-refractivity contribution is 0.652. The summed E-state index contributed by atoms with van der Waals surface area (Å²) in [6.45, 7) is 0. The number of allylic oxidation sites excluding steroid dienone is 4. The Bertz CT molecular complexity index is 266. The van der Waals surface area contributed by atoms with Crippen LogP contribution in [0.25, 0.3) is 0 Å². The van der Waals surface area contributed by atoms with Crippen LogP contribution in [-0.4, -0.2) is 0 Å². The van der Waals surface area contributed by atoms with Crippen LogP contribution in [-0.2, 0) is 0 Å². The Kier molecular flexibility index (Phi) is 1.71. The van der Waals surface area contributed by atoms with Crippen molar-refractivity contribution in [2.45, 2.75) is 51.4 Å². The summed E-state index contributed by atoms with van der Waals surface area (Å²) in [5.74, 6) is 0. The quantitative estimate of drug-likeness (QED) is 0.535. The van der Waals surface area contributed by atoms with Gasteiger partial charge in [0.1, 0.15) is 0 Å². The van der Waals surface area contributed by atoms with Crippen molar-refractivity contribution >= 4 is 0 Å². The second kappa shape index (κ2) is 2.90. The van der Waals surface area contributed by atoms with Gasteiger partial charge in [0, 0.05) is 11.4 Å². The number of hydrogen-bond donors (Lipinski definition) is 0. The fourth-order valence-corrected chi connectivity index (χ4v) is 2.84. The molecule has 2 aliphatic carbocycles. The molecule has 1 aliphatic heterocycles. The van der Waals surface area contributed by atoms with Crippen molar-refractivity contribution in [1.82, 2.24) is 5.32 Å². The van der Waals surface area contributed by atoms with Crippen molar-refractivity contribution < 1.29 is 0 Å². The zero-order valence-corrected chi connectivity index (χ0v) is 8.10. The van der Waals surface area contributed by atoms with Gasteiger partial charge < -0.3 is 0 Å². The molecular weight excluding hydrogens is 158 g/mol. The van der Waals surface area contributed by atoms with Crippen LogP contribution in [0.5, 0.6) is 0 Å². The second-order valence-electron chi connectivity index (χ2n) is 4.38. The van der Waals surface area contributed by atoms with Crippen LogP contribution in [0.1, 0.15) is 51.4 Å². The first kappa shape index (κ1) is 7.66. The van der Waals surface area contributed by atoms with E-state index in [-0.39, 0.29) is 0 Å². The third-order valence-electron chi connectivity index (χ3n) is 3.51. The van der Waals surface area contributed by atoms with Gasteiger partial charge in [0.05, 0.1) is 0 Å². The van der Waals surface area contributed by atoms with Crippen LogP contribution in [0.3, 0.4) is 0 Å². The first-order chi connectivity index (χ1) is 6.45. The van der Waals surface area contributed by atoms with E-state index in [1.165, 1.54) is 62.8 Å². The van der Waals surface area contributed by atoms with Gasteiger partial charge in [-0.05, 0) is 62.5 Å². The fraction of sp³-hybridized carbons (Fsp3) is 0.667. The van der Waals surface area contributed by atoms with Crippen LogP contribution >= 0.6 is 0 Å². The lowest BCUT2D eigenvalue weighted by Gasteiger charge is -2.16. The molecule has 0 aromatic carbocycles. The average molecular weight is 174 g/mol. The van der Waals surface area contributed by atoms with Gasteiger partial charge >= 0.3 is 0 Å². The minimum atomic E-state index is 1.25. The van der Waals surface area contributed by atoms with Gasteiger partial charge in [-0.25, -0.2) is 0 Å². The maximum absolute atomic E-state index is 4.79.